The molecule has 150 valence electrons. The molecule has 0 fully saturated rings. The summed E-state index contributed by atoms with van der Waals surface area (Å²) in [5.41, 5.74) is 2.31. The van der Waals surface area contributed by atoms with Gasteiger partial charge in [0, 0.05) is 23.3 Å². The lowest BCUT2D eigenvalue weighted by Gasteiger charge is -2.09. The summed E-state index contributed by atoms with van der Waals surface area (Å²) >= 11 is 6.96. The smallest absolute Gasteiger partial charge is 0.258 e. The molecule has 30 heavy (non-hydrogen) atoms. The molecule has 0 unspecified atom stereocenters. The van der Waals surface area contributed by atoms with E-state index in [1.807, 2.05) is 25.1 Å². The number of thiazole rings is 1. The fourth-order valence-corrected chi connectivity index (χ4v) is 3.58. The SMILES string of the molecule is Cc1cccc(-c2csc(NC(=O)c3ccc(=O)n(-c4ccc(Cl)c(F)c4)c3)n2)n1. The van der Waals surface area contributed by atoms with Gasteiger partial charge in [-0.3, -0.25) is 24.5 Å². The van der Waals surface area contributed by atoms with Crippen LogP contribution in [-0.2, 0) is 0 Å². The van der Waals surface area contributed by atoms with Gasteiger partial charge in [0.1, 0.15) is 11.5 Å². The van der Waals surface area contributed by atoms with E-state index in [1.165, 1.54) is 46.4 Å². The minimum atomic E-state index is -0.656. The molecule has 0 saturated carbocycles. The van der Waals surface area contributed by atoms with Crippen molar-refractivity contribution in [2.45, 2.75) is 6.92 Å². The molecule has 1 aromatic carbocycles. The van der Waals surface area contributed by atoms with Gasteiger partial charge in [-0.25, -0.2) is 9.37 Å². The number of pyridine rings is 2. The van der Waals surface area contributed by atoms with Crippen molar-refractivity contribution in [3.8, 4) is 17.1 Å². The first kappa shape index (κ1) is 19.9. The topological polar surface area (TPSA) is 76.9 Å². The summed E-state index contributed by atoms with van der Waals surface area (Å²) in [5, 5.41) is 4.86. The molecule has 1 amide bonds. The Morgan fingerprint density at radius 3 is 2.73 bits per heavy atom. The second kappa shape index (κ2) is 8.17. The monoisotopic (exact) mass is 440 g/mol. The summed E-state index contributed by atoms with van der Waals surface area (Å²) in [5.74, 6) is -1.10. The van der Waals surface area contributed by atoms with Crippen LogP contribution in [0.1, 0.15) is 16.1 Å². The van der Waals surface area contributed by atoms with Gasteiger partial charge in [0.2, 0.25) is 0 Å². The van der Waals surface area contributed by atoms with Crippen LogP contribution < -0.4 is 10.9 Å². The molecule has 0 aliphatic carbocycles. The molecule has 0 spiro atoms. The van der Waals surface area contributed by atoms with Crippen molar-refractivity contribution in [1.82, 2.24) is 14.5 Å². The molecule has 1 N–H and O–H groups in total. The van der Waals surface area contributed by atoms with Crippen LogP contribution in [0.3, 0.4) is 0 Å². The highest BCUT2D eigenvalue weighted by molar-refractivity contribution is 7.14. The molecule has 0 bridgehead atoms. The van der Waals surface area contributed by atoms with Gasteiger partial charge < -0.3 is 0 Å². The molecule has 0 aliphatic heterocycles. The third-order valence-corrected chi connectivity index (χ3v) is 5.29. The number of rotatable bonds is 4. The van der Waals surface area contributed by atoms with Crippen LogP contribution in [0.25, 0.3) is 17.1 Å². The molecule has 0 atom stereocenters. The maximum absolute atomic E-state index is 13.8. The van der Waals surface area contributed by atoms with Crippen LogP contribution in [0.5, 0.6) is 0 Å². The molecule has 3 aromatic heterocycles. The Balaban J connectivity index is 1.58. The van der Waals surface area contributed by atoms with Crippen molar-refractivity contribution in [3.63, 3.8) is 0 Å². The van der Waals surface area contributed by atoms with Gasteiger partial charge in [0.05, 0.1) is 22.0 Å². The first-order valence-corrected chi connectivity index (χ1v) is 10.1. The third-order valence-electron chi connectivity index (χ3n) is 4.23. The maximum atomic E-state index is 13.8. The van der Waals surface area contributed by atoms with Gasteiger partial charge in [-0.05, 0) is 43.3 Å². The molecule has 3 heterocycles. The minimum absolute atomic E-state index is 0.0524. The van der Waals surface area contributed by atoms with Crippen molar-refractivity contribution < 1.29 is 9.18 Å². The zero-order valence-electron chi connectivity index (χ0n) is 15.6. The number of halogens is 2. The largest absolute Gasteiger partial charge is 0.298 e. The molecular formula is C21H14ClFN4O2S. The molecule has 4 rings (SSSR count). The normalized spacial score (nSPS) is 10.8. The third kappa shape index (κ3) is 4.14. The summed E-state index contributed by atoms with van der Waals surface area (Å²) in [6.07, 6.45) is 1.34. The number of carbonyl (C=O) groups is 1. The van der Waals surface area contributed by atoms with Gasteiger partial charge in [0.15, 0.2) is 5.13 Å². The van der Waals surface area contributed by atoms with E-state index >= 15 is 0 Å². The van der Waals surface area contributed by atoms with Crippen molar-refractivity contribution >= 4 is 34.0 Å². The second-order valence-electron chi connectivity index (χ2n) is 6.38. The Morgan fingerprint density at radius 1 is 1.13 bits per heavy atom. The van der Waals surface area contributed by atoms with Crippen molar-refractivity contribution in [1.29, 1.82) is 0 Å². The lowest BCUT2D eigenvalue weighted by atomic mass is 10.2. The van der Waals surface area contributed by atoms with E-state index in [-0.39, 0.29) is 16.3 Å². The number of nitrogens with zero attached hydrogens (tertiary/aromatic N) is 3. The lowest BCUT2D eigenvalue weighted by Crippen LogP contribution is -2.21. The molecule has 0 saturated heterocycles. The maximum Gasteiger partial charge on any atom is 0.258 e. The van der Waals surface area contributed by atoms with Crippen LogP contribution in [0, 0.1) is 12.7 Å². The van der Waals surface area contributed by atoms with E-state index < -0.39 is 17.3 Å². The van der Waals surface area contributed by atoms with Crippen LogP contribution in [0.4, 0.5) is 9.52 Å². The Labute approximate surface area is 179 Å². The number of nitrogens with one attached hydrogen (secondary N) is 1. The van der Waals surface area contributed by atoms with Gasteiger partial charge in [0.25, 0.3) is 11.5 Å². The quantitative estimate of drug-likeness (QED) is 0.498. The first-order chi connectivity index (χ1) is 14.4. The Bertz CT molecular complexity index is 1320. The average molecular weight is 441 g/mol. The number of hydrogen-bond acceptors (Lipinski definition) is 5. The molecular weight excluding hydrogens is 427 g/mol. The number of carbonyl (C=O) groups excluding carboxylic acids is 1. The minimum Gasteiger partial charge on any atom is -0.298 e. The van der Waals surface area contributed by atoms with E-state index in [9.17, 15) is 14.0 Å². The predicted molar refractivity (Wildman–Crippen MR) is 115 cm³/mol. The summed E-state index contributed by atoms with van der Waals surface area (Å²) < 4.78 is 15.0. The van der Waals surface area contributed by atoms with E-state index in [2.05, 4.69) is 15.3 Å². The number of benzene rings is 1. The van der Waals surface area contributed by atoms with Crippen molar-refractivity contribution in [2.75, 3.05) is 5.32 Å². The number of aryl methyl sites for hydroxylation is 1. The van der Waals surface area contributed by atoms with Crippen LogP contribution in [0.2, 0.25) is 5.02 Å². The fourth-order valence-electron chi connectivity index (χ4n) is 2.76. The summed E-state index contributed by atoms with van der Waals surface area (Å²) in [6.45, 7) is 1.89. The average Bonchev–Trinajstić information content (AvgIpc) is 3.19. The molecule has 4 aromatic rings. The van der Waals surface area contributed by atoms with Crippen molar-refractivity contribution in [3.05, 3.63) is 92.6 Å². The van der Waals surface area contributed by atoms with E-state index in [1.54, 1.807) is 5.38 Å². The molecule has 0 radical (unpaired) electrons. The highest BCUT2D eigenvalue weighted by atomic mass is 35.5. The van der Waals surface area contributed by atoms with Crippen molar-refractivity contribution in [2.24, 2.45) is 0 Å². The summed E-state index contributed by atoms with van der Waals surface area (Å²) in [4.78, 5) is 33.7. The number of anilines is 1. The zero-order valence-corrected chi connectivity index (χ0v) is 17.2. The second-order valence-corrected chi connectivity index (χ2v) is 7.65. The fraction of sp³-hybridized carbons (Fsp3) is 0.0476. The highest BCUT2D eigenvalue weighted by Gasteiger charge is 2.13. The Kier molecular flexibility index (Phi) is 5.43. The van der Waals surface area contributed by atoms with Gasteiger partial charge in [-0.15, -0.1) is 11.3 Å². The zero-order chi connectivity index (χ0) is 21.3. The Hall–Kier alpha value is -3.36. The van der Waals surface area contributed by atoms with Crippen LogP contribution >= 0.6 is 22.9 Å². The first-order valence-electron chi connectivity index (χ1n) is 8.80. The number of amides is 1. The van der Waals surface area contributed by atoms with Gasteiger partial charge in [-0.1, -0.05) is 17.7 Å². The highest BCUT2D eigenvalue weighted by Crippen LogP contribution is 2.24. The van der Waals surface area contributed by atoms with E-state index in [4.69, 9.17) is 11.6 Å². The van der Waals surface area contributed by atoms with E-state index in [0.29, 0.717) is 16.5 Å². The van der Waals surface area contributed by atoms with Crippen LogP contribution in [0.15, 0.2) is 64.9 Å². The summed E-state index contributed by atoms with van der Waals surface area (Å²) in [7, 11) is 0. The predicted octanol–water partition coefficient (Wildman–Crippen LogP) is 4.71. The van der Waals surface area contributed by atoms with Gasteiger partial charge >= 0.3 is 0 Å². The molecule has 6 nitrogen and oxygen atoms in total. The standard InChI is InChI=1S/C21H14ClFN4O2S/c1-12-3-2-4-17(24-12)18-11-30-21(25-18)26-20(29)13-5-8-19(28)27(10-13)14-6-7-15(22)16(23)9-14/h2-11H,1H3,(H,25,26,29). The Morgan fingerprint density at radius 2 is 1.97 bits per heavy atom. The number of aromatic nitrogens is 3. The summed E-state index contributed by atoms with van der Waals surface area (Å²) in [6, 6.07) is 12.2. The number of hydrogen-bond donors (Lipinski definition) is 1. The molecule has 0 aliphatic rings. The molecule has 9 heteroatoms. The van der Waals surface area contributed by atoms with Gasteiger partial charge in [-0.2, -0.15) is 0 Å². The van der Waals surface area contributed by atoms with Crippen LogP contribution in [-0.4, -0.2) is 20.4 Å². The lowest BCUT2D eigenvalue weighted by molar-refractivity contribution is 0.102. The van der Waals surface area contributed by atoms with E-state index in [0.717, 1.165) is 11.8 Å².